The lowest BCUT2D eigenvalue weighted by molar-refractivity contribution is 1.48. The average Bonchev–Trinajstić information content (AvgIpc) is 3.33. The van der Waals surface area contributed by atoms with E-state index >= 15 is 0 Å². The van der Waals surface area contributed by atoms with Gasteiger partial charge in [0, 0.05) is 0 Å². The molecule has 0 amide bonds. The summed E-state index contributed by atoms with van der Waals surface area (Å²) in [7, 11) is 0. The molecule has 174 valence electrons. The number of rotatable bonds is 3. The topological polar surface area (TPSA) is 47.6 Å². The zero-order valence-corrected chi connectivity index (χ0v) is 20.4. The summed E-state index contributed by atoms with van der Waals surface area (Å²) in [6.07, 6.45) is 0. The van der Waals surface area contributed by atoms with Gasteiger partial charge in [-0.2, -0.15) is 10.5 Å². The highest BCUT2D eigenvalue weighted by atomic mass is 14.3. The van der Waals surface area contributed by atoms with Crippen molar-refractivity contribution in [1.29, 1.82) is 10.5 Å². The van der Waals surface area contributed by atoms with Crippen LogP contribution in [0.4, 0.5) is 0 Å². The normalized spacial score (nSPS) is 11.1. The number of nitrogens with zero attached hydrogens (tertiary/aromatic N) is 2. The Morgan fingerprint density at radius 3 is 1.53 bits per heavy atom. The van der Waals surface area contributed by atoms with Crippen LogP contribution in [-0.4, -0.2) is 0 Å². The first-order valence-corrected chi connectivity index (χ1v) is 12.6. The maximum Gasteiger partial charge on any atom is 0.0991 e. The lowest BCUT2D eigenvalue weighted by Gasteiger charge is -2.21. The van der Waals surface area contributed by atoms with Crippen molar-refractivity contribution in [3.05, 3.63) is 132 Å². The van der Waals surface area contributed by atoms with Crippen LogP contribution in [0.2, 0.25) is 0 Å². The van der Waals surface area contributed by atoms with Gasteiger partial charge < -0.3 is 0 Å². The molecule has 6 aromatic rings. The summed E-state index contributed by atoms with van der Waals surface area (Å²) in [6, 6.07) is 46.1. The Morgan fingerprint density at radius 1 is 0.395 bits per heavy atom. The van der Waals surface area contributed by atoms with Gasteiger partial charge in [0.25, 0.3) is 0 Å². The van der Waals surface area contributed by atoms with Gasteiger partial charge in [0.2, 0.25) is 0 Å². The molecule has 38 heavy (non-hydrogen) atoms. The lowest BCUT2D eigenvalue weighted by atomic mass is 9.82. The van der Waals surface area contributed by atoms with Crippen molar-refractivity contribution in [3.8, 4) is 67.8 Å². The fourth-order valence-electron chi connectivity index (χ4n) is 5.80. The molecule has 1 aliphatic carbocycles. The maximum atomic E-state index is 9.44. The molecule has 0 atom stereocenters. The van der Waals surface area contributed by atoms with E-state index in [1.54, 1.807) is 0 Å². The highest BCUT2D eigenvalue weighted by Crippen LogP contribution is 2.57. The molecule has 0 radical (unpaired) electrons. The van der Waals surface area contributed by atoms with Gasteiger partial charge in [-0.1, -0.05) is 91.0 Å². The molecule has 0 aliphatic heterocycles. The van der Waals surface area contributed by atoms with Crippen LogP contribution in [0.15, 0.2) is 121 Å². The third-order valence-electron chi connectivity index (χ3n) is 7.48. The molecule has 0 bridgehead atoms. The first kappa shape index (κ1) is 21.8. The van der Waals surface area contributed by atoms with Crippen molar-refractivity contribution in [2.24, 2.45) is 0 Å². The van der Waals surface area contributed by atoms with E-state index in [1.807, 2.05) is 42.5 Å². The van der Waals surface area contributed by atoms with E-state index in [4.69, 9.17) is 0 Å². The number of nitriles is 2. The maximum absolute atomic E-state index is 9.44. The van der Waals surface area contributed by atoms with Crippen molar-refractivity contribution in [2.45, 2.75) is 0 Å². The van der Waals surface area contributed by atoms with Crippen LogP contribution in [0, 0.1) is 22.7 Å². The first-order chi connectivity index (χ1) is 18.8. The molecule has 0 spiro atoms. The molecule has 1 aliphatic rings. The number of hydrogen-bond acceptors (Lipinski definition) is 2. The third-order valence-corrected chi connectivity index (χ3v) is 7.48. The van der Waals surface area contributed by atoms with Crippen LogP contribution in [0.1, 0.15) is 11.1 Å². The Morgan fingerprint density at radius 2 is 0.921 bits per heavy atom. The highest BCUT2D eigenvalue weighted by molar-refractivity contribution is 6.22. The van der Waals surface area contributed by atoms with E-state index in [-0.39, 0.29) is 0 Å². The average molecular weight is 481 g/mol. The zero-order chi connectivity index (χ0) is 25.6. The molecule has 0 N–H and O–H groups in total. The van der Waals surface area contributed by atoms with Crippen molar-refractivity contribution in [3.63, 3.8) is 0 Å². The summed E-state index contributed by atoms with van der Waals surface area (Å²) >= 11 is 0. The SMILES string of the molecule is N#Cc1ccc(-c2cc(-c3ccccc3)c(-c3ccc(C#N)cc3)c3c2-c2cccc4cccc-3c24)cc1. The predicted octanol–water partition coefficient (Wildman–Crippen LogP) is 9.23. The van der Waals surface area contributed by atoms with E-state index in [0.717, 1.165) is 33.4 Å². The second-order valence-corrected chi connectivity index (χ2v) is 9.55. The summed E-state index contributed by atoms with van der Waals surface area (Å²) < 4.78 is 0. The van der Waals surface area contributed by atoms with E-state index in [1.165, 1.54) is 33.0 Å². The summed E-state index contributed by atoms with van der Waals surface area (Å²) in [4.78, 5) is 0. The Kier molecular flexibility index (Phi) is 4.93. The quantitative estimate of drug-likeness (QED) is 0.253. The molecular weight excluding hydrogens is 460 g/mol. The van der Waals surface area contributed by atoms with Crippen LogP contribution in [0.25, 0.3) is 66.4 Å². The van der Waals surface area contributed by atoms with Gasteiger partial charge in [-0.3, -0.25) is 0 Å². The van der Waals surface area contributed by atoms with Gasteiger partial charge >= 0.3 is 0 Å². The van der Waals surface area contributed by atoms with Gasteiger partial charge in [-0.25, -0.2) is 0 Å². The van der Waals surface area contributed by atoms with Gasteiger partial charge in [0.15, 0.2) is 0 Å². The molecule has 2 nitrogen and oxygen atoms in total. The molecular formula is C36H20N2. The van der Waals surface area contributed by atoms with Crippen LogP contribution < -0.4 is 0 Å². The van der Waals surface area contributed by atoms with E-state index in [2.05, 4.69) is 91.0 Å². The first-order valence-electron chi connectivity index (χ1n) is 12.6. The minimum absolute atomic E-state index is 0.645. The van der Waals surface area contributed by atoms with Gasteiger partial charge in [0.05, 0.1) is 23.3 Å². The standard InChI is InChI=1S/C36H20N2/c37-21-23-12-16-26(17-13-23)32-20-31(25-6-2-1-3-7-25)34(28-18-14-24(22-38)15-19-28)36-30-11-5-9-27-8-4-10-29(33(27)30)35(32)36/h1-20H. The van der Waals surface area contributed by atoms with Crippen molar-refractivity contribution < 1.29 is 0 Å². The molecule has 6 aromatic carbocycles. The summed E-state index contributed by atoms with van der Waals surface area (Å²) in [5.41, 5.74) is 12.9. The van der Waals surface area contributed by atoms with Gasteiger partial charge in [0.1, 0.15) is 0 Å². The Hall–Kier alpha value is -5.44. The smallest absolute Gasteiger partial charge is 0.0991 e. The Bertz CT molecular complexity index is 1950. The number of hydrogen-bond donors (Lipinski definition) is 0. The molecule has 0 saturated heterocycles. The van der Waals surface area contributed by atoms with E-state index in [9.17, 15) is 10.5 Å². The minimum Gasteiger partial charge on any atom is -0.192 e. The fraction of sp³-hybridized carbons (Fsp3) is 0. The van der Waals surface area contributed by atoms with Crippen molar-refractivity contribution in [1.82, 2.24) is 0 Å². The number of fused-ring (bicyclic) bond motifs is 3. The largest absolute Gasteiger partial charge is 0.192 e. The lowest BCUT2D eigenvalue weighted by Crippen LogP contribution is -1.94. The van der Waals surface area contributed by atoms with Crippen molar-refractivity contribution in [2.75, 3.05) is 0 Å². The second-order valence-electron chi connectivity index (χ2n) is 9.55. The van der Waals surface area contributed by atoms with Crippen LogP contribution in [-0.2, 0) is 0 Å². The van der Waals surface area contributed by atoms with E-state index < -0.39 is 0 Å². The summed E-state index contributed by atoms with van der Waals surface area (Å²) in [5, 5.41) is 21.3. The van der Waals surface area contributed by atoms with Crippen LogP contribution in [0.5, 0.6) is 0 Å². The van der Waals surface area contributed by atoms with E-state index in [0.29, 0.717) is 11.1 Å². The highest BCUT2D eigenvalue weighted by Gasteiger charge is 2.30. The summed E-state index contributed by atoms with van der Waals surface area (Å²) in [6.45, 7) is 0. The second kappa shape index (κ2) is 8.59. The Labute approximate surface area is 221 Å². The molecule has 2 heteroatoms. The fourth-order valence-corrected chi connectivity index (χ4v) is 5.80. The molecule has 0 saturated carbocycles. The van der Waals surface area contributed by atoms with Crippen molar-refractivity contribution >= 4 is 10.8 Å². The Balaban J connectivity index is 1.66. The molecule has 0 unspecified atom stereocenters. The van der Waals surface area contributed by atoms with Crippen LogP contribution in [0.3, 0.4) is 0 Å². The predicted molar refractivity (Wildman–Crippen MR) is 154 cm³/mol. The van der Waals surface area contributed by atoms with Crippen LogP contribution >= 0.6 is 0 Å². The monoisotopic (exact) mass is 480 g/mol. The zero-order valence-electron chi connectivity index (χ0n) is 20.4. The summed E-state index contributed by atoms with van der Waals surface area (Å²) in [5.74, 6) is 0. The van der Waals surface area contributed by atoms with Gasteiger partial charge in [-0.05, 0) is 96.7 Å². The molecule has 0 aromatic heterocycles. The molecule has 0 heterocycles. The third kappa shape index (κ3) is 3.26. The molecule has 7 rings (SSSR count). The minimum atomic E-state index is 0.645. The van der Waals surface area contributed by atoms with Gasteiger partial charge in [-0.15, -0.1) is 0 Å². The number of benzene rings is 6. The molecule has 0 fully saturated rings.